The molecule has 2 amide bonds. The highest BCUT2D eigenvalue weighted by atomic mass is 35.5. The van der Waals surface area contributed by atoms with Crippen molar-refractivity contribution in [1.29, 1.82) is 0 Å². The van der Waals surface area contributed by atoms with Crippen molar-refractivity contribution in [2.45, 2.75) is 0 Å². The zero-order chi connectivity index (χ0) is 25.2. The van der Waals surface area contributed by atoms with Gasteiger partial charge in [-0.05, 0) is 42.5 Å². The van der Waals surface area contributed by atoms with E-state index < -0.39 is 11.7 Å². The number of morpholine rings is 1. The van der Waals surface area contributed by atoms with Gasteiger partial charge in [-0.15, -0.1) is 0 Å². The Bertz CT molecular complexity index is 1460. The summed E-state index contributed by atoms with van der Waals surface area (Å²) in [7, 11) is 0. The molecule has 0 spiro atoms. The Kier molecular flexibility index (Phi) is 6.32. The second kappa shape index (κ2) is 9.72. The molecule has 3 heterocycles. The number of primary amides is 1. The number of amides is 2. The molecule has 10 nitrogen and oxygen atoms in total. The molecule has 5 rings (SSSR count). The maximum absolute atomic E-state index is 14.5. The normalized spacial score (nSPS) is 13.6. The average molecular weight is 508 g/mol. The molecule has 12 heteroatoms. The Morgan fingerprint density at radius 2 is 1.97 bits per heavy atom. The Hall–Kier alpha value is -4.35. The second-order valence-corrected chi connectivity index (χ2v) is 8.27. The highest BCUT2D eigenvalue weighted by molar-refractivity contribution is 6.32. The summed E-state index contributed by atoms with van der Waals surface area (Å²) in [6.07, 6.45) is 4.51. The molecule has 0 saturated carbocycles. The van der Waals surface area contributed by atoms with E-state index in [1.165, 1.54) is 29.2 Å². The zero-order valence-electron chi connectivity index (χ0n) is 18.7. The molecule has 1 aliphatic rings. The Balaban J connectivity index is 1.36. The lowest BCUT2D eigenvalue weighted by Gasteiger charge is -2.26. The number of aromatic nitrogens is 4. The lowest BCUT2D eigenvalue weighted by atomic mass is 10.2. The Morgan fingerprint density at radius 3 is 2.69 bits per heavy atom. The van der Waals surface area contributed by atoms with Gasteiger partial charge in [-0.3, -0.25) is 9.59 Å². The SMILES string of the molecule is NC(=O)c1ccc(-n2cc(-c3nc(Nc4ccc(N5CCOCC5=O)cc4)ncc3Cl)cn2)c(F)c1. The van der Waals surface area contributed by atoms with Crippen LogP contribution in [0.15, 0.2) is 61.1 Å². The molecule has 0 unspecified atom stereocenters. The Morgan fingerprint density at radius 1 is 1.17 bits per heavy atom. The maximum atomic E-state index is 14.5. The van der Waals surface area contributed by atoms with E-state index in [-0.39, 0.29) is 34.7 Å². The summed E-state index contributed by atoms with van der Waals surface area (Å²) in [6, 6.07) is 11.2. The van der Waals surface area contributed by atoms with Crippen molar-refractivity contribution in [2.24, 2.45) is 5.73 Å². The quantitative estimate of drug-likeness (QED) is 0.409. The summed E-state index contributed by atoms with van der Waals surface area (Å²) in [5.74, 6) is -1.18. The number of benzene rings is 2. The highest BCUT2D eigenvalue weighted by Crippen LogP contribution is 2.28. The summed E-state index contributed by atoms with van der Waals surface area (Å²) < 4.78 is 21.0. The van der Waals surface area contributed by atoms with Crippen molar-refractivity contribution in [3.63, 3.8) is 0 Å². The van der Waals surface area contributed by atoms with E-state index in [1.54, 1.807) is 11.1 Å². The fourth-order valence-electron chi connectivity index (χ4n) is 3.70. The standard InChI is InChI=1S/C24H19ClFN7O3/c25-18-11-28-24(30-16-2-4-17(5-3-16)32-7-8-36-13-21(32)34)31-22(18)15-10-29-33(12-15)20-6-1-14(23(27)35)9-19(20)26/h1-6,9-12H,7-8,13H2,(H2,27,35)(H,28,30,31). The number of carbonyl (C=O) groups excluding carboxylic acids is 2. The summed E-state index contributed by atoms with van der Waals surface area (Å²) >= 11 is 6.33. The van der Waals surface area contributed by atoms with Gasteiger partial charge in [0.1, 0.15) is 18.1 Å². The fourth-order valence-corrected chi connectivity index (χ4v) is 3.90. The van der Waals surface area contributed by atoms with Crippen LogP contribution in [0.3, 0.4) is 0 Å². The molecule has 1 fully saturated rings. The van der Waals surface area contributed by atoms with Crippen molar-refractivity contribution in [1.82, 2.24) is 19.7 Å². The van der Waals surface area contributed by atoms with Crippen molar-refractivity contribution in [2.75, 3.05) is 30.0 Å². The number of rotatable bonds is 6. The number of nitrogens with two attached hydrogens (primary N) is 1. The van der Waals surface area contributed by atoms with Crippen LogP contribution in [0.5, 0.6) is 0 Å². The average Bonchev–Trinajstić information content (AvgIpc) is 3.36. The van der Waals surface area contributed by atoms with E-state index in [0.29, 0.717) is 30.1 Å². The van der Waals surface area contributed by atoms with Crippen LogP contribution in [-0.2, 0) is 9.53 Å². The van der Waals surface area contributed by atoms with E-state index in [2.05, 4.69) is 20.4 Å². The summed E-state index contributed by atoms with van der Waals surface area (Å²) in [5.41, 5.74) is 7.80. The summed E-state index contributed by atoms with van der Waals surface area (Å²) in [4.78, 5) is 33.7. The van der Waals surface area contributed by atoms with Crippen LogP contribution in [0.25, 0.3) is 16.9 Å². The fraction of sp³-hybridized carbons (Fsp3) is 0.125. The van der Waals surface area contributed by atoms with Crippen LogP contribution in [0.1, 0.15) is 10.4 Å². The van der Waals surface area contributed by atoms with Crippen molar-refractivity contribution < 1.29 is 18.7 Å². The van der Waals surface area contributed by atoms with Gasteiger partial charge in [0.2, 0.25) is 11.9 Å². The van der Waals surface area contributed by atoms with Gasteiger partial charge in [-0.1, -0.05) is 11.6 Å². The molecule has 2 aromatic carbocycles. The minimum atomic E-state index is -0.723. The number of anilines is 3. The van der Waals surface area contributed by atoms with Crippen molar-refractivity contribution in [3.8, 4) is 16.9 Å². The van der Waals surface area contributed by atoms with Crippen LogP contribution in [0, 0.1) is 5.82 Å². The zero-order valence-corrected chi connectivity index (χ0v) is 19.4. The third-order valence-electron chi connectivity index (χ3n) is 5.50. The van der Waals surface area contributed by atoms with E-state index in [0.717, 1.165) is 11.8 Å². The van der Waals surface area contributed by atoms with Gasteiger partial charge < -0.3 is 20.7 Å². The van der Waals surface area contributed by atoms with Crippen LogP contribution in [0.4, 0.5) is 21.7 Å². The number of carbonyl (C=O) groups is 2. The first-order chi connectivity index (χ1) is 17.4. The molecular weight excluding hydrogens is 489 g/mol. The van der Waals surface area contributed by atoms with E-state index in [9.17, 15) is 14.0 Å². The number of nitrogens with zero attached hydrogens (tertiary/aromatic N) is 5. The third-order valence-corrected chi connectivity index (χ3v) is 5.78. The van der Waals surface area contributed by atoms with Gasteiger partial charge in [-0.25, -0.2) is 19.0 Å². The number of ether oxygens (including phenoxy) is 1. The maximum Gasteiger partial charge on any atom is 0.253 e. The van der Waals surface area contributed by atoms with Gasteiger partial charge in [-0.2, -0.15) is 5.10 Å². The monoisotopic (exact) mass is 507 g/mol. The molecule has 0 atom stereocenters. The van der Waals surface area contributed by atoms with Gasteiger partial charge in [0.05, 0.1) is 29.7 Å². The van der Waals surface area contributed by atoms with E-state index >= 15 is 0 Å². The minimum absolute atomic E-state index is 0.0581. The van der Waals surface area contributed by atoms with Gasteiger partial charge >= 0.3 is 0 Å². The van der Waals surface area contributed by atoms with Gasteiger partial charge in [0.25, 0.3) is 5.91 Å². The molecule has 182 valence electrons. The molecule has 0 bridgehead atoms. The number of hydrogen-bond donors (Lipinski definition) is 2. The largest absolute Gasteiger partial charge is 0.370 e. The molecule has 0 radical (unpaired) electrons. The van der Waals surface area contributed by atoms with Crippen LogP contribution in [-0.4, -0.2) is 51.3 Å². The molecule has 4 aromatic rings. The highest BCUT2D eigenvalue weighted by Gasteiger charge is 2.20. The molecule has 1 saturated heterocycles. The first-order valence-corrected chi connectivity index (χ1v) is 11.2. The summed E-state index contributed by atoms with van der Waals surface area (Å²) in [6.45, 7) is 1.07. The second-order valence-electron chi connectivity index (χ2n) is 7.86. The lowest BCUT2D eigenvalue weighted by Crippen LogP contribution is -2.41. The smallest absolute Gasteiger partial charge is 0.253 e. The predicted molar refractivity (Wildman–Crippen MR) is 131 cm³/mol. The van der Waals surface area contributed by atoms with Crippen LogP contribution in [0.2, 0.25) is 5.02 Å². The van der Waals surface area contributed by atoms with Crippen LogP contribution < -0.4 is 16.0 Å². The molecule has 0 aliphatic carbocycles. The minimum Gasteiger partial charge on any atom is -0.370 e. The Labute approximate surface area is 209 Å². The van der Waals surface area contributed by atoms with Crippen LogP contribution >= 0.6 is 11.6 Å². The van der Waals surface area contributed by atoms with E-state index in [1.807, 2.05) is 24.3 Å². The third kappa shape index (κ3) is 4.74. The molecule has 36 heavy (non-hydrogen) atoms. The summed E-state index contributed by atoms with van der Waals surface area (Å²) in [5, 5.41) is 7.58. The van der Waals surface area contributed by atoms with Crippen molar-refractivity contribution >= 4 is 40.7 Å². The van der Waals surface area contributed by atoms with Gasteiger partial charge in [0.15, 0.2) is 0 Å². The molecule has 2 aromatic heterocycles. The van der Waals surface area contributed by atoms with E-state index in [4.69, 9.17) is 22.1 Å². The number of halogens is 2. The van der Waals surface area contributed by atoms with Gasteiger partial charge in [0, 0.05) is 35.2 Å². The first kappa shape index (κ1) is 23.4. The molecular formula is C24H19ClFN7O3. The molecule has 1 aliphatic heterocycles. The predicted octanol–water partition coefficient (Wildman–Crippen LogP) is 3.33. The number of nitrogens with one attached hydrogen (secondary N) is 1. The number of hydrogen-bond acceptors (Lipinski definition) is 7. The molecule has 3 N–H and O–H groups in total. The lowest BCUT2D eigenvalue weighted by molar-refractivity contribution is -0.125. The topological polar surface area (TPSA) is 128 Å². The van der Waals surface area contributed by atoms with Crippen molar-refractivity contribution in [3.05, 3.63) is 77.5 Å². The first-order valence-electron chi connectivity index (χ1n) is 10.8.